The van der Waals surface area contributed by atoms with Gasteiger partial charge in [0.15, 0.2) is 11.5 Å². The van der Waals surface area contributed by atoms with Crippen molar-refractivity contribution in [2.24, 2.45) is 0 Å². The molecular weight excluding hydrogens is 287 g/mol. The van der Waals surface area contributed by atoms with Gasteiger partial charge in [-0.05, 0) is 13.0 Å². The van der Waals surface area contributed by atoms with Crippen LogP contribution in [0.5, 0.6) is 11.8 Å². The van der Waals surface area contributed by atoms with Crippen molar-refractivity contribution in [2.45, 2.75) is 6.92 Å². The minimum atomic E-state index is -0.958. The first-order chi connectivity index (χ1) is 10.0. The molecule has 0 saturated carbocycles. The number of aromatic nitrogens is 1. The first-order valence-corrected chi connectivity index (χ1v) is 5.76. The maximum absolute atomic E-state index is 13.6. The van der Waals surface area contributed by atoms with E-state index in [1.165, 1.54) is 6.07 Å². The number of nitro benzene ring substituents is 1. The standard InChI is InChI=1S/C12H9FN2O6/c1-2-19-11(16)8-6-20-12(14-8)21-10-7(13)4-3-5-9(10)15(17)18/h3-6H,2H2,1H3. The molecule has 0 radical (unpaired) electrons. The molecule has 0 fully saturated rings. The Labute approximate surface area is 117 Å². The fraction of sp³-hybridized carbons (Fsp3) is 0.167. The number of ether oxygens (including phenoxy) is 2. The molecule has 0 saturated heterocycles. The zero-order chi connectivity index (χ0) is 15.4. The van der Waals surface area contributed by atoms with Crippen molar-refractivity contribution in [1.29, 1.82) is 0 Å². The van der Waals surface area contributed by atoms with Crippen LogP contribution in [0.25, 0.3) is 0 Å². The van der Waals surface area contributed by atoms with E-state index in [9.17, 15) is 19.3 Å². The highest BCUT2D eigenvalue weighted by molar-refractivity contribution is 5.86. The van der Waals surface area contributed by atoms with Crippen molar-refractivity contribution < 1.29 is 28.0 Å². The second-order valence-electron chi connectivity index (χ2n) is 3.67. The highest BCUT2D eigenvalue weighted by atomic mass is 19.1. The first kappa shape index (κ1) is 14.4. The molecule has 0 spiro atoms. The monoisotopic (exact) mass is 296 g/mol. The average Bonchev–Trinajstić information content (AvgIpc) is 2.90. The lowest BCUT2D eigenvalue weighted by molar-refractivity contribution is -0.385. The maximum Gasteiger partial charge on any atom is 0.400 e. The number of halogens is 1. The minimum Gasteiger partial charge on any atom is -0.461 e. The van der Waals surface area contributed by atoms with Crippen molar-refractivity contribution >= 4 is 11.7 Å². The molecule has 9 heteroatoms. The topological polar surface area (TPSA) is 105 Å². The van der Waals surface area contributed by atoms with Crippen molar-refractivity contribution in [2.75, 3.05) is 6.61 Å². The Morgan fingerprint density at radius 1 is 1.52 bits per heavy atom. The number of carbonyl (C=O) groups is 1. The predicted molar refractivity (Wildman–Crippen MR) is 65.6 cm³/mol. The number of carbonyl (C=O) groups excluding carboxylic acids is 1. The Morgan fingerprint density at radius 3 is 2.95 bits per heavy atom. The van der Waals surface area contributed by atoms with Crippen LogP contribution in [0.3, 0.4) is 0 Å². The van der Waals surface area contributed by atoms with Crippen molar-refractivity contribution in [3.63, 3.8) is 0 Å². The fourth-order valence-corrected chi connectivity index (χ4v) is 1.43. The van der Waals surface area contributed by atoms with E-state index >= 15 is 0 Å². The van der Waals surface area contributed by atoms with Gasteiger partial charge in [-0.3, -0.25) is 10.1 Å². The molecule has 2 rings (SSSR count). The minimum absolute atomic E-state index is 0.140. The summed E-state index contributed by atoms with van der Waals surface area (Å²) in [6.45, 7) is 1.75. The van der Waals surface area contributed by atoms with Crippen molar-refractivity contribution in [1.82, 2.24) is 4.98 Å². The zero-order valence-electron chi connectivity index (χ0n) is 10.7. The van der Waals surface area contributed by atoms with E-state index in [0.717, 1.165) is 18.4 Å². The number of para-hydroxylation sites is 1. The summed E-state index contributed by atoms with van der Waals surface area (Å²) in [7, 11) is 0. The Balaban J connectivity index is 2.27. The highest BCUT2D eigenvalue weighted by Crippen LogP contribution is 2.33. The third-order valence-electron chi connectivity index (χ3n) is 2.30. The van der Waals surface area contributed by atoms with Gasteiger partial charge in [-0.1, -0.05) is 6.07 Å². The second-order valence-corrected chi connectivity index (χ2v) is 3.67. The average molecular weight is 296 g/mol. The summed E-state index contributed by atoms with van der Waals surface area (Å²) in [6, 6.07) is 3.21. The van der Waals surface area contributed by atoms with E-state index in [1.807, 2.05) is 0 Å². The van der Waals surface area contributed by atoms with Gasteiger partial charge in [0.05, 0.1) is 11.5 Å². The van der Waals surface area contributed by atoms with Gasteiger partial charge in [0, 0.05) is 6.07 Å². The van der Waals surface area contributed by atoms with E-state index in [1.54, 1.807) is 6.92 Å². The Hall–Kier alpha value is -2.97. The fourth-order valence-electron chi connectivity index (χ4n) is 1.43. The van der Waals surface area contributed by atoms with E-state index < -0.39 is 34.2 Å². The van der Waals surface area contributed by atoms with Gasteiger partial charge in [-0.2, -0.15) is 4.98 Å². The SMILES string of the molecule is CCOC(=O)c1coc(Oc2c(F)cccc2[N+](=O)[O-])n1. The summed E-state index contributed by atoms with van der Waals surface area (Å²) >= 11 is 0. The molecular formula is C12H9FN2O6. The van der Waals surface area contributed by atoms with Crippen LogP contribution < -0.4 is 4.74 Å². The van der Waals surface area contributed by atoms with E-state index in [2.05, 4.69) is 9.72 Å². The molecule has 0 unspecified atom stereocenters. The van der Waals surface area contributed by atoms with E-state index in [-0.39, 0.29) is 12.3 Å². The Bertz CT molecular complexity index is 684. The third kappa shape index (κ3) is 3.14. The van der Waals surface area contributed by atoms with Gasteiger partial charge in [-0.15, -0.1) is 0 Å². The number of nitro groups is 1. The molecule has 0 bridgehead atoms. The molecule has 8 nitrogen and oxygen atoms in total. The van der Waals surface area contributed by atoms with Gasteiger partial charge in [-0.25, -0.2) is 9.18 Å². The molecule has 0 aliphatic carbocycles. The molecule has 110 valence electrons. The summed E-state index contributed by atoms with van der Waals surface area (Å²) in [5.74, 6) is -2.36. The molecule has 1 aromatic heterocycles. The first-order valence-electron chi connectivity index (χ1n) is 5.76. The van der Waals surface area contributed by atoms with Crippen LogP contribution in [0, 0.1) is 15.9 Å². The lowest BCUT2D eigenvalue weighted by Crippen LogP contribution is -2.04. The molecule has 21 heavy (non-hydrogen) atoms. The zero-order valence-corrected chi connectivity index (χ0v) is 10.7. The summed E-state index contributed by atoms with van der Waals surface area (Å²) in [5, 5.41) is 10.8. The predicted octanol–water partition coefficient (Wildman–Crippen LogP) is 2.69. The van der Waals surface area contributed by atoms with Gasteiger partial charge in [0.25, 0.3) is 0 Å². The Morgan fingerprint density at radius 2 is 2.29 bits per heavy atom. The number of hydrogen-bond acceptors (Lipinski definition) is 7. The normalized spacial score (nSPS) is 10.2. The second kappa shape index (κ2) is 5.99. The maximum atomic E-state index is 13.6. The molecule has 0 aliphatic rings. The molecule has 2 aromatic rings. The van der Waals surface area contributed by atoms with Crippen LogP contribution in [-0.4, -0.2) is 22.5 Å². The molecule has 0 atom stereocenters. The molecule has 0 amide bonds. The smallest absolute Gasteiger partial charge is 0.400 e. The quantitative estimate of drug-likeness (QED) is 0.474. The number of nitrogens with zero attached hydrogens (tertiary/aromatic N) is 2. The van der Waals surface area contributed by atoms with Gasteiger partial charge >= 0.3 is 17.7 Å². The number of hydrogen-bond donors (Lipinski definition) is 0. The van der Waals surface area contributed by atoms with Crippen LogP contribution >= 0.6 is 0 Å². The van der Waals surface area contributed by atoms with Gasteiger partial charge in [0.1, 0.15) is 6.26 Å². The number of oxazole rings is 1. The van der Waals surface area contributed by atoms with Crippen LogP contribution in [0.15, 0.2) is 28.9 Å². The number of rotatable bonds is 5. The molecule has 1 heterocycles. The highest BCUT2D eigenvalue weighted by Gasteiger charge is 2.23. The summed E-state index contributed by atoms with van der Waals surface area (Å²) in [5.41, 5.74) is -0.781. The van der Waals surface area contributed by atoms with Crippen molar-refractivity contribution in [3.8, 4) is 11.8 Å². The van der Waals surface area contributed by atoms with Crippen LogP contribution in [0.4, 0.5) is 10.1 Å². The van der Waals surface area contributed by atoms with E-state index in [0.29, 0.717) is 0 Å². The van der Waals surface area contributed by atoms with Crippen molar-refractivity contribution in [3.05, 3.63) is 46.1 Å². The van der Waals surface area contributed by atoms with Gasteiger partial charge < -0.3 is 13.9 Å². The molecule has 1 aromatic carbocycles. The van der Waals surface area contributed by atoms with Gasteiger partial charge in [0.2, 0.25) is 5.75 Å². The lowest BCUT2D eigenvalue weighted by Gasteiger charge is -2.02. The van der Waals surface area contributed by atoms with Crippen LogP contribution in [0.2, 0.25) is 0 Å². The third-order valence-corrected chi connectivity index (χ3v) is 2.30. The lowest BCUT2D eigenvalue weighted by atomic mass is 10.3. The number of benzene rings is 1. The molecule has 0 aliphatic heterocycles. The largest absolute Gasteiger partial charge is 0.461 e. The van der Waals surface area contributed by atoms with Crippen LogP contribution in [0.1, 0.15) is 17.4 Å². The van der Waals surface area contributed by atoms with Crippen LogP contribution in [-0.2, 0) is 4.74 Å². The Kier molecular flexibility index (Phi) is 4.12. The van der Waals surface area contributed by atoms with E-state index in [4.69, 9.17) is 9.15 Å². The summed E-state index contributed by atoms with van der Waals surface area (Å²) in [4.78, 5) is 25.0. The molecule has 0 N–H and O–H groups in total. The summed E-state index contributed by atoms with van der Waals surface area (Å²) < 4.78 is 28.0. The number of esters is 1. The summed E-state index contributed by atoms with van der Waals surface area (Å²) in [6.07, 6.45) is 0.436.